The summed E-state index contributed by atoms with van der Waals surface area (Å²) in [5.41, 5.74) is 2.31. The number of hydrogen-bond acceptors (Lipinski definition) is 3. The van der Waals surface area contributed by atoms with Gasteiger partial charge in [-0.2, -0.15) is 5.10 Å². The number of ether oxygens (including phenoxy) is 1. The lowest BCUT2D eigenvalue weighted by molar-refractivity contribution is 0.290. The second kappa shape index (κ2) is 6.41. The number of rotatable bonds is 6. The zero-order valence-electron chi connectivity index (χ0n) is 12.1. The van der Waals surface area contributed by atoms with E-state index in [1.807, 2.05) is 48.3 Å². The van der Waals surface area contributed by atoms with Crippen LogP contribution in [0.2, 0.25) is 0 Å². The van der Waals surface area contributed by atoms with Crippen LogP contribution in [-0.4, -0.2) is 23.4 Å². The largest absolute Gasteiger partial charge is 0.491 e. The molecule has 3 rings (SSSR count). The minimum absolute atomic E-state index is 0.604. The molecule has 1 N–H and O–H groups in total. The van der Waals surface area contributed by atoms with Gasteiger partial charge in [0.05, 0.1) is 18.3 Å². The molecule has 0 amide bonds. The molecule has 0 radical (unpaired) electrons. The summed E-state index contributed by atoms with van der Waals surface area (Å²) in [6.07, 6.45) is 1.89. The topological polar surface area (TPSA) is 39.1 Å². The summed E-state index contributed by atoms with van der Waals surface area (Å²) in [6, 6.07) is 16.3. The van der Waals surface area contributed by atoms with Crippen LogP contribution < -0.4 is 10.1 Å². The lowest BCUT2D eigenvalue weighted by Crippen LogP contribution is -2.12. The van der Waals surface area contributed by atoms with Crippen molar-refractivity contribution < 1.29 is 4.74 Å². The SMILES string of the molecule is CNCc1ccccc1OCCn1ncc2ccccc21. The summed E-state index contributed by atoms with van der Waals surface area (Å²) in [4.78, 5) is 0. The molecule has 108 valence electrons. The van der Waals surface area contributed by atoms with Crippen LogP contribution in [0.5, 0.6) is 5.75 Å². The second-order valence-corrected chi connectivity index (χ2v) is 4.91. The molecule has 0 aliphatic heterocycles. The van der Waals surface area contributed by atoms with E-state index in [9.17, 15) is 0 Å². The highest BCUT2D eigenvalue weighted by molar-refractivity contribution is 5.78. The fourth-order valence-corrected chi connectivity index (χ4v) is 2.43. The number of nitrogens with zero attached hydrogens (tertiary/aromatic N) is 2. The van der Waals surface area contributed by atoms with Gasteiger partial charge in [-0.05, 0) is 19.2 Å². The van der Waals surface area contributed by atoms with Crippen molar-refractivity contribution in [1.29, 1.82) is 0 Å². The van der Waals surface area contributed by atoms with E-state index >= 15 is 0 Å². The van der Waals surface area contributed by atoms with Gasteiger partial charge in [-0.3, -0.25) is 4.68 Å². The first-order valence-corrected chi connectivity index (χ1v) is 7.14. The molecule has 0 fully saturated rings. The van der Waals surface area contributed by atoms with E-state index in [-0.39, 0.29) is 0 Å². The maximum atomic E-state index is 5.91. The summed E-state index contributed by atoms with van der Waals surface area (Å²) in [5, 5.41) is 8.72. The van der Waals surface area contributed by atoms with Gasteiger partial charge >= 0.3 is 0 Å². The van der Waals surface area contributed by atoms with Crippen molar-refractivity contribution in [2.24, 2.45) is 0 Å². The van der Waals surface area contributed by atoms with Crippen LogP contribution in [0.1, 0.15) is 5.56 Å². The van der Waals surface area contributed by atoms with Crippen molar-refractivity contribution in [2.75, 3.05) is 13.7 Å². The molecule has 1 heterocycles. The van der Waals surface area contributed by atoms with E-state index < -0.39 is 0 Å². The van der Waals surface area contributed by atoms with E-state index in [0.29, 0.717) is 6.61 Å². The van der Waals surface area contributed by atoms with E-state index in [2.05, 4.69) is 28.6 Å². The lowest BCUT2D eigenvalue weighted by Gasteiger charge is -2.11. The summed E-state index contributed by atoms with van der Waals surface area (Å²) < 4.78 is 7.89. The molecule has 0 aliphatic carbocycles. The van der Waals surface area contributed by atoms with E-state index in [4.69, 9.17) is 4.74 Å². The number of fused-ring (bicyclic) bond motifs is 1. The van der Waals surface area contributed by atoms with Crippen molar-refractivity contribution in [1.82, 2.24) is 15.1 Å². The number of aromatic nitrogens is 2. The standard InChI is InChI=1S/C17H19N3O/c1-18-12-15-7-3-5-9-17(15)21-11-10-20-16-8-4-2-6-14(16)13-19-20/h2-9,13,18H,10-12H2,1H3. The lowest BCUT2D eigenvalue weighted by atomic mass is 10.2. The van der Waals surface area contributed by atoms with Gasteiger partial charge in [-0.25, -0.2) is 0 Å². The summed E-state index contributed by atoms with van der Waals surface area (Å²) in [5.74, 6) is 0.934. The molecule has 2 aromatic carbocycles. The molecule has 0 atom stereocenters. The Bertz CT molecular complexity index is 721. The molecule has 0 unspecified atom stereocenters. The van der Waals surface area contributed by atoms with Crippen molar-refractivity contribution in [3.63, 3.8) is 0 Å². The predicted molar refractivity (Wildman–Crippen MR) is 84.4 cm³/mol. The van der Waals surface area contributed by atoms with Gasteiger partial charge in [0, 0.05) is 17.5 Å². The zero-order valence-corrected chi connectivity index (χ0v) is 12.1. The first-order chi connectivity index (χ1) is 10.4. The maximum Gasteiger partial charge on any atom is 0.123 e. The third-order valence-corrected chi connectivity index (χ3v) is 3.45. The molecule has 4 heteroatoms. The number of hydrogen-bond donors (Lipinski definition) is 1. The Morgan fingerprint density at radius 1 is 1.10 bits per heavy atom. The molecule has 3 aromatic rings. The molecule has 0 saturated carbocycles. The molecule has 1 aromatic heterocycles. The molecular formula is C17H19N3O. The van der Waals surface area contributed by atoms with Crippen LogP contribution in [0, 0.1) is 0 Å². The molecule has 21 heavy (non-hydrogen) atoms. The second-order valence-electron chi connectivity index (χ2n) is 4.91. The summed E-state index contributed by atoms with van der Waals surface area (Å²) >= 11 is 0. The number of nitrogens with one attached hydrogen (secondary N) is 1. The van der Waals surface area contributed by atoms with Gasteiger partial charge in [-0.1, -0.05) is 36.4 Å². The van der Waals surface area contributed by atoms with Gasteiger partial charge in [0.15, 0.2) is 0 Å². The van der Waals surface area contributed by atoms with Gasteiger partial charge in [0.2, 0.25) is 0 Å². The Morgan fingerprint density at radius 2 is 1.90 bits per heavy atom. The average Bonchev–Trinajstić information content (AvgIpc) is 2.93. The van der Waals surface area contributed by atoms with E-state index in [0.717, 1.165) is 29.7 Å². The zero-order chi connectivity index (χ0) is 14.5. The van der Waals surface area contributed by atoms with Crippen LogP contribution in [0.4, 0.5) is 0 Å². The van der Waals surface area contributed by atoms with Crippen LogP contribution in [0.15, 0.2) is 54.7 Å². The van der Waals surface area contributed by atoms with Crippen molar-refractivity contribution in [3.05, 3.63) is 60.3 Å². The fraction of sp³-hybridized carbons (Fsp3) is 0.235. The third-order valence-electron chi connectivity index (χ3n) is 3.45. The Labute approximate surface area is 124 Å². The number of benzene rings is 2. The summed E-state index contributed by atoms with van der Waals surface area (Å²) in [6.45, 7) is 2.15. The highest BCUT2D eigenvalue weighted by Gasteiger charge is 2.04. The van der Waals surface area contributed by atoms with Gasteiger partial charge in [0.1, 0.15) is 12.4 Å². The first-order valence-electron chi connectivity index (χ1n) is 7.14. The highest BCUT2D eigenvalue weighted by Crippen LogP contribution is 2.18. The van der Waals surface area contributed by atoms with Crippen LogP contribution >= 0.6 is 0 Å². The van der Waals surface area contributed by atoms with Gasteiger partial charge in [0.25, 0.3) is 0 Å². The van der Waals surface area contributed by atoms with E-state index in [1.165, 1.54) is 5.56 Å². The Hall–Kier alpha value is -2.33. The van der Waals surface area contributed by atoms with Gasteiger partial charge < -0.3 is 10.1 Å². The molecular weight excluding hydrogens is 262 g/mol. The van der Waals surface area contributed by atoms with Crippen LogP contribution in [0.25, 0.3) is 10.9 Å². The predicted octanol–water partition coefficient (Wildman–Crippen LogP) is 2.83. The van der Waals surface area contributed by atoms with Crippen molar-refractivity contribution in [3.8, 4) is 5.75 Å². The van der Waals surface area contributed by atoms with Gasteiger partial charge in [-0.15, -0.1) is 0 Å². The van der Waals surface area contributed by atoms with Crippen molar-refractivity contribution >= 4 is 10.9 Å². The first kappa shape index (κ1) is 13.6. The van der Waals surface area contributed by atoms with Crippen LogP contribution in [-0.2, 0) is 13.1 Å². The monoisotopic (exact) mass is 281 g/mol. The highest BCUT2D eigenvalue weighted by atomic mass is 16.5. The average molecular weight is 281 g/mol. The minimum atomic E-state index is 0.604. The molecule has 4 nitrogen and oxygen atoms in total. The van der Waals surface area contributed by atoms with Crippen molar-refractivity contribution in [2.45, 2.75) is 13.1 Å². The molecule has 0 saturated heterocycles. The quantitative estimate of drug-likeness (QED) is 0.755. The Morgan fingerprint density at radius 3 is 2.81 bits per heavy atom. The fourth-order valence-electron chi connectivity index (χ4n) is 2.43. The Balaban J connectivity index is 1.66. The maximum absolute atomic E-state index is 5.91. The van der Waals surface area contributed by atoms with E-state index in [1.54, 1.807) is 0 Å². The molecule has 0 aliphatic rings. The molecule has 0 spiro atoms. The normalized spacial score (nSPS) is 10.9. The molecule has 0 bridgehead atoms. The smallest absolute Gasteiger partial charge is 0.123 e. The Kier molecular flexibility index (Phi) is 4.17. The minimum Gasteiger partial charge on any atom is -0.491 e. The summed E-state index contributed by atoms with van der Waals surface area (Å²) in [7, 11) is 1.94. The van der Waals surface area contributed by atoms with Crippen LogP contribution in [0.3, 0.4) is 0 Å². The third kappa shape index (κ3) is 3.06. The number of para-hydroxylation sites is 2.